The molecule has 2 aromatic rings. The van der Waals surface area contributed by atoms with E-state index >= 15 is 0 Å². The van der Waals surface area contributed by atoms with Gasteiger partial charge in [0.25, 0.3) is 5.91 Å². The molecule has 6 nitrogen and oxygen atoms in total. The number of hydrogen-bond acceptors (Lipinski definition) is 4. The highest BCUT2D eigenvalue weighted by atomic mass is 35.5. The molecule has 0 spiro atoms. The number of hydrogen-bond donors (Lipinski definition) is 0. The second-order valence-corrected chi connectivity index (χ2v) is 7.87. The zero-order valence-corrected chi connectivity index (χ0v) is 18.0. The van der Waals surface area contributed by atoms with E-state index in [1.807, 2.05) is 0 Å². The van der Waals surface area contributed by atoms with Crippen molar-refractivity contribution < 1.29 is 19.2 Å². The summed E-state index contributed by atoms with van der Waals surface area (Å²) in [6.45, 7) is 0. The molecular formula is C21H17Cl3N2O4. The standard InChI is InChI=1S/C21H17Cl3N2O4/c22-12-11-17(20(29)13-1-5-15(23)6-2-13)25(26-18(27)9-10-19(26)28)21(30)14-3-7-16(24)8-4-14/h1-8,17H,9-12H2/t17-/m1/s1. The Morgan fingerprint density at radius 2 is 1.33 bits per heavy atom. The van der Waals surface area contributed by atoms with Crippen molar-refractivity contribution in [2.75, 3.05) is 5.88 Å². The van der Waals surface area contributed by atoms with E-state index in [9.17, 15) is 19.2 Å². The Kier molecular flexibility index (Phi) is 7.13. The molecule has 0 aliphatic carbocycles. The van der Waals surface area contributed by atoms with Crippen molar-refractivity contribution in [1.82, 2.24) is 10.0 Å². The van der Waals surface area contributed by atoms with Gasteiger partial charge in [0.1, 0.15) is 6.04 Å². The maximum absolute atomic E-state index is 13.4. The van der Waals surface area contributed by atoms with Crippen LogP contribution in [-0.2, 0) is 9.59 Å². The zero-order valence-electron chi connectivity index (χ0n) is 15.7. The second kappa shape index (κ2) is 9.60. The summed E-state index contributed by atoms with van der Waals surface area (Å²) in [4.78, 5) is 51.6. The lowest BCUT2D eigenvalue weighted by Gasteiger charge is -2.36. The number of benzene rings is 2. The molecule has 1 saturated heterocycles. The van der Waals surface area contributed by atoms with Crippen LogP contribution in [0.25, 0.3) is 0 Å². The van der Waals surface area contributed by atoms with Gasteiger partial charge in [-0.05, 0) is 55.0 Å². The Labute approximate surface area is 188 Å². The lowest BCUT2D eigenvalue weighted by molar-refractivity contribution is -0.154. The highest BCUT2D eigenvalue weighted by Crippen LogP contribution is 2.25. The van der Waals surface area contributed by atoms with Gasteiger partial charge in [0.2, 0.25) is 11.8 Å². The van der Waals surface area contributed by atoms with Crippen LogP contribution in [0.5, 0.6) is 0 Å². The number of hydrazine groups is 1. The highest BCUT2D eigenvalue weighted by molar-refractivity contribution is 6.31. The van der Waals surface area contributed by atoms with Crippen LogP contribution in [0.3, 0.4) is 0 Å². The topological polar surface area (TPSA) is 74.8 Å². The van der Waals surface area contributed by atoms with Crippen LogP contribution in [0.1, 0.15) is 40.0 Å². The van der Waals surface area contributed by atoms with Crippen molar-refractivity contribution in [1.29, 1.82) is 0 Å². The summed E-state index contributed by atoms with van der Waals surface area (Å²) >= 11 is 17.7. The normalized spacial score (nSPS) is 14.7. The number of carbonyl (C=O) groups excluding carboxylic acids is 4. The van der Waals surface area contributed by atoms with Gasteiger partial charge < -0.3 is 0 Å². The Bertz CT molecular complexity index is 961. The first-order valence-electron chi connectivity index (χ1n) is 9.14. The molecule has 9 heteroatoms. The van der Waals surface area contributed by atoms with E-state index in [0.717, 1.165) is 10.0 Å². The molecule has 0 N–H and O–H groups in total. The van der Waals surface area contributed by atoms with Gasteiger partial charge in [-0.15, -0.1) is 11.6 Å². The number of amides is 3. The van der Waals surface area contributed by atoms with Crippen LogP contribution in [-0.4, -0.2) is 45.4 Å². The van der Waals surface area contributed by atoms with Crippen LogP contribution in [0.15, 0.2) is 48.5 Å². The first-order valence-corrected chi connectivity index (χ1v) is 10.4. The molecule has 3 rings (SSSR count). The Morgan fingerprint density at radius 3 is 1.80 bits per heavy atom. The van der Waals surface area contributed by atoms with Crippen LogP contribution in [0, 0.1) is 0 Å². The molecule has 2 aromatic carbocycles. The highest BCUT2D eigenvalue weighted by Gasteiger charge is 2.43. The zero-order chi connectivity index (χ0) is 21.8. The van der Waals surface area contributed by atoms with Crippen molar-refractivity contribution in [2.45, 2.75) is 25.3 Å². The average Bonchev–Trinajstić information content (AvgIpc) is 3.06. The van der Waals surface area contributed by atoms with E-state index in [0.29, 0.717) is 10.0 Å². The van der Waals surface area contributed by atoms with Gasteiger partial charge >= 0.3 is 0 Å². The van der Waals surface area contributed by atoms with E-state index in [4.69, 9.17) is 34.8 Å². The smallest absolute Gasteiger partial charge is 0.273 e. The number of Topliss-reactive ketones (excluding diaryl/α,β-unsaturated/α-hetero) is 1. The first kappa shape index (κ1) is 22.3. The molecule has 0 bridgehead atoms. The fourth-order valence-electron chi connectivity index (χ4n) is 3.18. The number of alkyl halides is 1. The van der Waals surface area contributed by atoms with Gasteiger partial charge in [0.15, 0.2) is 5.78 Å². The summed E-state index contributed by atoms with van der Waals surface area (Å²) in [5, 5.41) is 2.56. The molecule has 156 valence electrons. The molecule has 3 amide bonds. The molecule has 0 unspecified atom stereocenters. The largest absolute Gasteiger partial charge is 0.292 e. The first-order chi connectivity index (χ1) is 14.3. The van der Waals surface area contributed by atoms with Crippen molar-refractivity contribution in [3.8, 4) is 0 Å². The summed E-state index contributed by atoms with van der Waals surface area (Å²) in [5.41, 5.74) is 0.456. The van der Waals surface area contributed by atoms with Crippen molar-refractivity contribution >= 4 is 58.3 Å². The second-order valence-electron chi connectivity index (χ2n) is 6.62. The Morgan fingerprint density at radius 1 is 0.867 bits per heavy atom. The molecule has 1 heterocycles. The molecule has 1 atom stereocenters. The third-order valence-corrected chi connectivity index (χ3v) is 5.37. The predicted molar refractivity (Wildman–Crippen MR) is 114 cm³/mol. The Balaban J connectivity index is 2.07. The molecule has 1 aliphatic heterocycles. The van der Waals surface area contributed by atoms with Gasteiger partial charge in [-0.3, -0.25) is 19.2 Å². The maximum Gasteiger partial charge on any atom is 0.273 e. The molecule has 0 saturated carbocycles. The van der Waals surface area contributed by atoms with E-state index in [1.165, 1.54) is 36.4 Å². The molecule has 1 fully saturated rings. The van der Waals surface area contributed by atoms with Crippen molar-refractivity contribution in [3.63, 3.8) is 0 Å². The van der Waals surface area contributed by atoms with Crippen LogP contribution < -0.4 is 0 Å². The van der Waals surface area contributed by atoms with Gasteiger partial charge in [-0.25, -0.2) is 5.01 Å². The average molecular weight is 468 g/mol. The lowest BCUT2D eigenvalue weighted by atomic mass is 10.0. The maximum atomic E-state index is 13.4. The number of carbonyl (C=O) groups is 4. The van der Waals surface area contributed by atoms with Crippen LogP contribution >= 0.6 is 34.8 Å². The fraction of sp³-hybridized carbons (Fsp3) is 0.238. The summed E-state index contributed by atoms with van der Waals surface area (Å²) < 4.78 is 0. The van der Waals surface area contributed by atoms with Crippen molar-refractivity contribution in [2.24, 2.45) is 0 Å². The van der Waals surface area contributed by atoms with Gasteiger partial charge in [0, 0.05) is 39.9 Å². The fourth-order valence-corrected chi connectivity index (χ4v) is 3.63. The SMILES string of the molecule is O=C(c1ccc(Cl)cc1)[C@@H](CCCl)N(C(=O)c1ccc(Cl)cc1)N1C(=O)CCC1=O. The molecule has 0 aromatic heterocycles. The number of nitrogens with zero attached hydrogens (tertiary/aromatic N) is 2. The van der Waals surface area contributed by atoms with E-state index in [1.54, 1.807) is 12.1 Å². The summed E-state index contributed by atoms with van der Waals surface area (Å²) in [7, 11) is 0. The number of ketones is 1. The molecule has 1 aliphatic rings. The predicted octanol–water partition coefficient (Wildman–Crippen LogP) is 4.38. The summed E-state index contributed by atoms with van der Waals surface area (Å²) in [5.74, 6) is -2.20. The van der Waals surface area contributed by atoms with Crippen LogP contribution in [0.2, 0.25) is 10.0 Å². The number of rotatable bonds is 7. The van der Waals surface area contributed by atoms with E-state index < -0.39 is 29.5 Å². The minimum atomic E-state index is -1.15. The molecule has 0 radical (unpaired) electrons. The summed E-state index contributed by atoms with van der Waals surface area (Å²) in [6.07, 6.45) is -0.0304. The van der Waals surface area contributed by atoms with E-state index in [-0.39, 0.29) is 36.3 Å². The molecular weight excluding hydrogens is 451 g/mol. The third-order valence-electron chi connectivity index (χ3n) is 4.65. The van der Waals surface area contributed by atoms with Crippen LogP contribution in [0.4, 0.5) is 0 Å². The Hall–Kier alpha value is -2.41. The molecule has 30 heavy (non-hydrogen) atoms. The van der Waals surface area contributed by atoms with Gasteiger partial charge in [-0.1, -0.05) is 23.2 Å². The van der Waals surface area contributed by atoms with Crippen molar-refractivity contribution in [3.05, 3.63) is 69.7 Å². The van der Waals surface area contributed by atoms with Gasteiger partial charge in [0.05, 0.1) is 0 Å². The number of halogens is 3. The third kappa shape index (κ3) is 4.67. The monoisotopic (exact) mass is 466 g/mol. The lowest BCUT2D eigenvalue weighted by Crippen LogP contribution is -2.57. The number of imide groups is 1. The van der Waals surface area contributed by atoms with E-state index in [2.05, 4.69) is 0 Å². The minimum absolute atomic E-state index is 0.0324. The van der Waals surface area contributed by atoms with Gasteiger partial charge in [-0.2, -0.15) is 5.01 Å². The quantitative estimate of drug-likeness (QED) is 0.344. The summed E-state index contributed by atoms with van der Waals surface area (Å²) in [6, 6.07) is 10.9. The minimum Gasteiger partial charge on any atom is -0.292 e.